The summed E-state index contributed by atoms with van der Waals surface area (Å²) in [6.07, 6.45) is -0.0606. The van der Waals surface area contributed by atoms with Crippen LogP contribution in [-0.4, -0.2) is 17.0 Å². The average Bonchev–Trinajstić information content (AvgIpc) is 2.84. The molecule has 2 aromatic carbocycles. The molecule has 3 aromatic rings. The van der Waals surface area contributed by atoms with Crippen LogP contribution < -0.4 is 10.1 Å². The third-order valence-corrected chi connectivity index (χ3v) is 5.67. The number of rotatable bonds is 10. The van der Waals surface area contributed by atoms with Crippen LogP contribution in [0.25, 0.3) is 0 Å². The van der Waals surface area contributed by atoms with Crippen molar-refractivity contribution in [1.82, 2.24) is 4.98 Å². The lowest BCUT2D eigenvalue weighted by atomic mass is 10.1. The van der Waals surface area contributed by atoms with Crippen molar-refractivity contribution in [3.63, 3.8) is 0 Å². The lowest BCUT2D eigenvalue weighted by molar-refractivity contribution is -0.137. The fourth-order valence-corrected chi connectivity index (χ4v) is 3.65. The first-order valence-corrected chi connectivity index (χ1v) is 12.1. The minimum absolute atomic E-state index is 0.118. The minimum Gasteiger partial charge on any atom is -0.437 e. The van der Waals surface area contributed by atoms with Crippen LogP contribution in [0.4, 0.5) is 23.2 Å². The monoisotopic (exact) mass is 504 g/mol. The van der Waals surface area contributed by atoms with Crippen molar-refractivity contribution in [2.24, 2.45) is 0 Å². The van der Waals surface area contributed by atoms with E-state index in [1.54, 1.807) is 42.7 Å². The first-order chi connectivity index (χ1) is 16.7. The fraction of sp³-hybridized carbons (Fsp3) is 0.231. The molecule has 0 amide bonds. The first kappa shape index (κ1) is 26.3. The van der Waals surface area contributed by atoms with Gasteiger partial charge in [-0.15, -0.1) is 11.8 Å². The molecule has 0 bridgehead atoms. The van der Waals surface area contributed by atoms with E-state index in [4.69, 9.17) is 4.74 Å². The molecule has 4 nitrogen and oxygen atoms in total. The van der Waals surface area contributed by atoms with E-state index in [2.05, 4.69) is 10.3 Å². The molecule has 0 aliphatic heterocycles. The molecule has 0 aliphatic carbocycles. The van der Waals surface area contributed by atoms with Gasteiger partial charge in [0.05, 0.1) is 10.6 Å². The standard InChI is InChI=1S/C26H24F4N2O2S/c1-3-7-20(27)19-8-4-5-10-23(19)34-25-21(9-6-15-31-25)32-24(35-2)16-22(33)17-11-13-18(14-12-17)26(28,29)30/h4-6,8-16,20,32H,3,7H2,1-2H3/b24-16-. The summed E-state index contributed by atoms with van der Waals surface area (Å²) in [6, 6.07) is 14.2. The highest BCUT2D eigenvalue weighted by atomic mass is 32.2. The smallest absolute Gasteiger partial charge is 0.416 e. The summed E-state index contributed by atoms with van der Waals surface area (Å²) in [6.45, 7) is 1.90. The highest BCUT2D eigenvalue weighted by Gasteiger charge is 2.30. The number of ketones is 1. The van der Waals surface area contributed by atoms with E-state index >= 15 is 0 Å². The van der Waals surface area contributed by atoms with E-state index in [1.165, 1.54) is 24.0 Å². The van der Waals surface area contributed by atoms with Crippen LogP contribution in [0.3, 0.4) is 0 Å². The van der Waals surface area contributed by atoms with Gasteiger partial charge in [-0.1, -0.05) is 43.7 Å². The largest absolute Gasteiger partial charge is 0.437 e. The van der Waals surface area contributed by atoms with Crippen molar-refractivity contribution in [1.29, 1.82) is 0 Å². The summed E-state index contributed by atoms with van der Waals surface area (Å²) in [4.78, 5) is 16.9. The Kier molecular flexibility index (Phi) is 8.92. The number of alkyl halides is 4. The van der Waals surface area contributed by atoms with Gasteiger partial charge in [-0.05, 0) is 43.0 Å². The molecule has 0 spiro atoms. The van der Waals surface area contributed by atoms with Crippen LogP contribution >= 0.6 is 11.8 Å². The Bertz CT molecular complexity index is 1180. The van der Waals surface area contributed by atoms with Gasteiger partial charge >= 0.3 is 6.18 Å². The van der Waals surface area contributed by atoms with Gasteiger partial charge in [0.25, 0.3) is 0 Å². The van der Waals surface area contributed by atoms with Gasteiger partial charge in [0.15, 0.2) is 5.78 Å². The van der Waals surface area contributed by atoms with E-state index in [9.17, 15) is 22.4 Å². The van der Waals surface area contributed by atoms with Crippen LogP contribution in [-0.2, 0) is 6.18 Å². The number of carbonyl (C=O) groups is 1. The molecule has 1 aromatic heterocycles. The molecule has 0 radical (unpaired) electrons. The second-order valence-electron chi connectivity index (χ2n) is 7.53. The van der Waals surface area contributed by atoms with Gasteiger partial charge in [0, 0.05) is 23.4 Å². The zero-order chi connectivity index (χ0) is 25.4. The van der Waals surface area contributed by atoms with Crippen molar-refractivity contribution in [3.05, 3.63) is 94.7 Å². The highest BCUT2D eigenvalue weighted by Crippen LogP contribution is 2.36. The molecule has 184 valence electrons. The predicted molar refractivity (Wildman–Crippen MR) is 131 cm³/mol. The molecule has 1 atom stereocenters. The molecule has 1 heterocycles. The quantitative estimate of drug-likeness (QED) is 0.171. The zero-order valence-corrected chi connectivity index (χ0v) is 19.9. The van der Waals surface area contributed by atoms with Crippen molar-refractivity contribution in [2.75, 3.05) is 11.6 Å². The van der Waals surface area contributed by atoms with Gasteiger partial charge in [0.1, 0.15) is 17.6 Å². The Hall–Kier alpha value is -3.33. The topological polar surface area (TPSA) is 51.2 Å². The number of allylic oxidation sites excluding steroid dienone is 1. The van der Waals surface area contributed by atoms with Gasteiger partial charge < -0.3 is 10.1 Å². The van der Waals surface area contributed by atoms with E-state index in [-0.39, 0.29) is 11.4 Å². The van der Waals surface area contributed by atoms with Gasteiger partial charge in [-0.2, -0.15) is 13.2 Å². The third-order valence-electron chi connectivity index (χ3n) is 5.01. The predicted octanol–water partition coefficient (Wildman–Crippen LogP) is 8.20. The molecule has 0 fully saturated rings. The maximum absolute atomic E-state index is 14.6. The Morgan fingerprint density at radius 2 is 1.83 bits per heavy atom. The second kappa shape index (κ2) is 11.9. The number of hydrogen-bond acceptors (Lipinski definition) is 5. The summed E-state index contributed by atoms with van der Waals surface area (Å²) in [5, 5.41) is 3.50. The highest BCUT2D eigenvalue weighted by molar-refractivity contribution is 8.02. The van der Waals surface area contributed by atoms with Crippen LogP contribution in [0.5, 0.6) is 11.6 Å². The number of thioether (sulfide) groups is 1. The number of para-hydroxylation sites is 1. The molecule has 0 saturated heterocycles. The van der Waals surface area contributed by atoms with Crippen molar-refractivity contribution < 1.29 is 27.1 Å². The third kappa shape index (κ3) is 7.08. The molecule has 1 unspecified atom stereocenters. The van der Waals surface area contributed by atoms with Crippen molar-refractivity contribution in [2.45, 2.75) is 32.1 Å². The lowest BCUT2D eigenvalue weighted by Gasteiger charge is -2.16. The summed E-state index contributed by atoms with van der Waals surface area (Å²) < 4.78 is 58.9. The Balaban J connectivity index is 1.82. The summed E-state index contributed by atoms with van der Waals surface area (Å²) in [5.74, 6) is 0.0587. The minimum atomic E-state index is -4.47. The van der Waals surface area contributed by atoms with Gasteiger partial charge in [-0.25, -0.2) is 9.37 Å². The van der Waals surface area contributed by atoms with E-state index in [1.807, 2.05) is 6.92 Å². The van der Waals surface area contributed by atoms with Crippen LogP contribution in [0.15, 0.2) is 78.0 Å². The molecule has 9 heteroatoms. The van der Waals surface area contributed by atoms with Crippen LogP contribution in [0, 0.1) is 0 Å². The normalized spacial score (nSPS) is 12.8. The molecule has 3 rings (SSSR count). The first-order valence-electron chi connectivity index (χ1n) is 10.8. The Labute approximate surface area is 205 Å². The van der Waals surface area contributed by atoms with Crippen molar-refractivity contribution in [3.8, 4) is 11.6 Å². The van der Waals surface area contributed by atoms with Crippen LogP contribution in [0.1, 0.15) is 47.4 Å². The fourth-order valence-electron chi connectivity index (χ4n) is 3.22. The Morgan fingerprint density at radius 1 is 1.11 bits per heavy atom. The molecule has 35 heavy (non-hydrogen) atoms. The van der Waals surface area contributed by atoms with E-state index in [0.717, 1.165) is 24.3 Å². The SMILES string of the molecule is CCCC(F)c1ccccc1Oc1ncccc1N/C(=C/C(=O)c1ccc(C(F)(F)F)cc1)SC. The van der Waals surface area contributed by atoms with Gasteiger partial charge in [0.2, 0.25) is 5.88 Å². The molecule has 1 N–H and O–H groups in total. The number of nitrogens with one attached hydrogen (secondary N) is 1. The Morgan fingerprint density at radius 3 is 2.49 bits per heavy atom. The summed E-state index contributed by atoms with van der Waals surface area (Å²) in [7, 11) is 0. The number of pyridine rings is 1. The number of aromatic nitrogens is 1. The number of anilines is 1. The van der Waals surface area contributed by atoms with Gasteiger partial charge in [-0.3, -0.25) is 4.79 Å². The van der Waals surface area contributed by atoms with Crippen LogP contribution in [0.2, 0.25) is 0 Å². The maximum Gasteiger partial charge on any atom is 0.416 e. The maximum atomic E-state index is 14.6. The summed E-state index contributed by atoms with van der Waals surface area (Å²) >= 11 is 1.23. The molecule has 0 saturated carbocycles. The number of benzene rings is 2. The summed E-state index contributed by atoms with van der Waals surface area (Å²) in [5.41, 5.74) is 0.152. The second-order valence-corrected chi connectivity index (χ2v) is 8.38. The number of halogens is 4. The van der Waals surface area contributed by atoms with E-state index in [0.29, 0.717) is 34.9 Å². The molecule has 0 aliphatic rings. The van der Waals surface area contributed by atoms with Crippen molar-refractivity contribution >= 4 is 23.2 Å². The molecular weight excluding hydrogens is 480 g/mol. The molecular formula is C26H24F4N2O2S. The van der Waals surface area contributed by atoms with E-state index < -0.39 is 23.7 Å². The average molecular weight is 505 g/mol. The number of nitrogens with zero attached hydrogens (tertiary/aromatic N) is 1. The number of hydrogen-bond donors (Lipinski definition) is 1. The number of carbonyl (C=O) groups excluding carboxylic acids is 1. The lowest BCUT2D eigenvalue weighted by Crippen LogP contribution is -2.06. The number of ether oxygens (including phenoxy) is 1. The zero-order valence-electron chi connectivity index (χ0n) is 19.1.